The molecule has 0 N–H and O–H groups in total. The molecule has 0 bridgehead atoms. The van der Waals surface area contributed by atoms with Crippen LogP contribution in [0.4, 0.5) is 0 Å². The van der Waals surface area contributed by atoms with E-state index in [1.807, 2.05) is 0 Å². The molecule has 15 heavy (non-hydrogen) atoms. The van der Waals surface area contributed by atoms with Crippen LogP contribution in [0.3, 0.4) is 0 Å². The van der Waals surface area contributed by atoms with Crippen molar-refractivity contribution in [2.24, 2.45) is 0 Å². The fourth-order valence-corrected chi connectivity index (χ4v) is 0. The Kier molecular flexibility index (Phi) is 70.5. The summed E-state index contributed by atoms with van der Waals surface area (Å²) in [6.07, 6.45) is 0. The first-order valence-corrected chi connectivity index (χ1v) is 1.64. The van der Waals surface area contributed by atoms with Crippen LogP contribution in [-0.4, -0.2) is 15.3 Å². The van der Waals surface area contributed by atoms with Gasteiger partial charge in [-0.2, -0.15) is 0 Å². The van der Waals surface area contributed by atoms with E-state index in [2.05, 4.69) is 0 Å². The Morgan fingerprint density at radius 1 is 0.600 bits per heavy atom. The molecule has 0 saturated heterocycles. The van der Waals surface area contributed by atoms with Gasteiger partial charge in [-0.25, -0.2) is 0 Å². The van der Waals surface area contributed by atoms with Crippen LogP contribution >= 0.6 is 0 Å². The van der Waals surface area contributed by atoms with Crippen LogP contribution in [0.5, 0.6) is 0 Å². The third kappa shape index (κ3) is 3510. The van der Waals surface area contributed by atoms with Gasteiger partial charge in [0.15, 0.2) is 0 Å². The maximum atomic E-state index is 8.25. The molecule has 0 spiro atoms. The van der Waals surface area contributed by atoms with Gasteiger partial charge in [-0.3, -0.25) is 0 Å². The van der Waals surface area contributed by atoms with E-state index in [0.29, 0.717) is 0 Å². The minimum absolute atomic E-state index is 0. The molecule has 15 heteroatoms. The molecule has 0 aromatic carbocycles. The second-order valence-electron chi connectivity index (χ2n) is 0.671. The Morgan fingerprint density at radius 3 is 0.600 bits per heavy atom. The van der Waals surface area contributed by atoms with Crippen LogP contribution in [-0.2, 0) is 0 Å². The Balaban J connectivity index is -0.0000000184. The number of nitrogens with zero attached hydrogens (tertiary/aromatic N) is 3. The summed E-state index contributed by atoms with van der Waals surface area (Å²) >= 11 is 0. The zero-order valence-corrected chi connectivity index (χ0v) is 13.1. The molecule has 0 amide bonds. The molecule has 0 heterocycles. The number of hydrogen-bond donors (Lipinski definition) is 0. The van der Waals surface area contributed by atoms with Crippen molar-refractivity contribution in [3.8, 4) is 0 Å². The molecule has 72 valence electrons. The zero-order chi connectivity index (χ0) is 10.7. The van der Waals surface area contributed by atoms with Crippen LogP contribution in [0.1, 0.15) is 0 Å². The normalized spacial score (nSPS) is 4.80. The molecule has 0 aliphatic carbocycles. The van der Waals surface area contributed by atoms with Gasteiger partial charge in [-0.1, -0.05) is 0 Å². The zero-order valence-electron chi connectivity index (χ0n) is 8.02. The second-order valence-corrected chi connectivity index (χ2v) is 0.671. The molecular formula is KLiN3NaO9. The summed E-state index contributed by atoms with van der Waals surface area (Å²) in [6.45, 7) is 0. The van der Waals surface area contributed by atoms with Crippen molar-refractivity contribution in [2.45, 2.75) is 0 Å². The summed E-state index contributed by atoms with van der Waals surface area (Å²) in [5, 5.41) is 44.2. The third-order valence-corrected chi connectivity index (χ3v) is 0. The van der Waals surface area contributed by atoms with Gasteiger partial charge >= 0.3 is 99.8 Å². The van der Waals surface area contributed by atoms with E-state index < -0.39 is 15.3 Å². The SMILES string of the molecule is O=[N+]([O-])[O-].O=[N+]([O-])[O-].O=[N+]([O-])[O-].[K+].[Li+].[Na+]. The average Bonchev–Trinajstić information content (AvgIpc) is 1.54. The fourth-order valence-electron chi connectivity index (χ4n) is 0. The molecule has 0 rings (SSSR count). The van der Waals surface area contributed by atoms with Crippen LogP contribution in [0.15, 0.2) is 0 Å². The summed E-state index contributed by atoms with van der Waals surface area (Å²) in [5.74, 6) is 0. The first kappa shape index (κ1) is 36.0. The van der Waals surface area contributed by atoms with Crippen LogP contribution in [0.2, 0.25) is 0 Å². The van der Waals surface area contributed by atoms with E-state index in [1.54, 1.807) is 0 Å². The van der Waals surface area contributed by atoms with Gasteiger partial charge in [-0.05, 0) is 0 Å². The minimum Gasteiger partial charge on any atom is -0.356 e. The van der Waals surface area contributed by atoms with Crippen molar-refractivity contribution in [1.82, 2.24) is 0 Å². The Labute approximate surface area is 158 Å². The van der Waals surface area contributed by atoms with E-state index in [9.17, 15) is 0 Å². The van der Waals surface area contributed by atoms with Crippen molar-refractivity contribution < 1.29 is 115 Å². The van der Waals surface area contributed by atoms with Gasteiger partial charge in [0, 0.05) is 0 Å². The van der Waals surface area contributed by atoms with Gasteiger partial charge in [0.2, 0.25) is 0 Å². The van der Waals surface area contributed by atoms with E-state index in [-0.39, 0.29) is 99.8 Å². The number of hydrogen-bond acceptors (Lipinski definition) is 9. The van der Waals surface area contributed by atoms with Crippen molar-refractivity contribution in [1.29, 1.82) is 0 Å². The smallest absolute Gasteiger partial charge is 0.356 e. The van der Waals surface area contributed by atoms with Crippen LogP contribution in [0, 0.1) is 46.0 Å². The Bertz CT molecular complexity index is 123. The molecule has 0 radical (unpaired) electrons. The average molecular weight is 255 g/mol. The van der Waals surface area contributed by atoms with Crippen molar-refractivity contribution >= 4 is 0 Å². The summed E-state index contributed by atoms with van der Waals surface area (Å²) in [7, 11) is 0. The Morgan fingerprint density at radius 2 is 0.600 bits per heavy atom. The van der Waals surface area contributed by atoms with Gasteiger partial charge in [0.05, 0.1) is 15.3 Å². The molecule has 0 aromatic heterocycles. The molecular weight excluding hydrogens is 255 g/mol. The Hall–Kier alpha value is 0.834. The monoisotopic (exact) mass is 255 g/mol. The predicted octanol–water partition coefficient (Wildman–Crippen LogP) is -9.71. The molecule has 0 atom stereocenters. The molecule has 0 unspecified atom stereocenters. The van der Waals surface area contributed by atoms with Crippen molar-refractivity contribution in [3.05, 3.63) is 46.0 Å². The van der Waals surface area contributed by atoms with E-state index >= 15 is 0 Å². The minimum atomic E-state index is -1.75. The maximum absolute atomic E-state index is 8.25. The maximum Gasteiger partial charge on any atom is 1.00 e. The summed E-state index contributed by atoms with van der Waals surface area (Å²) in [6, 6.07) is 0. The summed E-state index contributed by atoms with van der Waals surface area (Å²) in [5.41, 5.74) is 0. The third-order valence-electron chi connectivity index (χ3n) is 0. The standard InChI is InChI=1S/K.Li.3NO3.Na/c;;3*2-1(3)4;/q2*+1;3*-1;+1. The topological polar surface area (TPSA) is 199 Å². The van der Waals surface area contributed by atoms with Gasteiger partial charge in [0.25, 0.3) is 0 Å². The first-order chi connectivity index (χ1) is 5.20. The summed E-state index contributed by atoms with van der Waals surface area (Å²) < 4.78 is 0. The van der Waals surface area contributed by atoms with Gasteiger partial charge in [-0.15, -0.1) is 0 Å². The molecule has 0 aliphatic rings. The quantitative estimate of drug-likeness (QED) is 0.229. The van der Waals surface area contributed by atoms with Crippen molar-refractivity contribution in [2.75, 3.05) is 0 Å². The van der Waals surface area contributed by atoms with Crippen LogP contribution < -0.4 is 99.8 Å². The molecule has 12 nitrogen and oxygen atoms in total. The molecule has 0 aliphatic heterocycles. The molecule has 0 aromatic rings. The number of rotatable bonds is 0. The van der Waals surface area contributed by atoms with Crippen LogP contribution in [0.25, 0.3) is 0 Å². The van der Waals surface area contributed by atoms with E-state index in [1.165, 1.54) is 0 Å². The van der Waals surface area contributed by atoms with Gasteiger partial charge in [0.1, 0.15) is 0 Å². The van der Waals surface area contributed by atoms with Gasteiger partial charge < -0.3 is 46.0 Å². The largest absolute Gasteiger partial charge is 1.00 e. The fraction of sp³-hybridized carbons (Fsp3) is 0. The van der Waals surface area contributed by atoms with E-state index in [0.717, 1.165) is 0 Å². The first-order valence-electron chi connectivity index (χ1n) is 1.64. The molecule has 0 fully saturated rings. The molecule has 0 saturated carbocycles. The summed E-state index contributed by atoms with van der Waals surface area (Å²) in [4.78, 5) is 24.8. The van der Waals surface area contributed by atoms with Crippen molar-refractivity contribution in [3.63, 3.8) is 0 Å². The predicted molar refractivity (Wildman–Crippen MR) is 31.1 cm³/mol. The second kappa shape index (κ2) is 29.4. The van der Waals surface area contributed by atoms with E-state index in [4.69, 9.17) is 46.0 Å².